The summed E-state index contributed by atoms with van der Waals surface area (Å²) < 4.78 is 5.17. The van der Waals surface area contributed by atoms with E-state index < -0.39 is 5.60 Å². The van der Waals surface area contributed by atoms with E-state index in [9.17, 15) is 4.79 Å². The first-order valence-electron chi connectivity index (χ1n) is 7.45. The molecular formula is C17H23N3O2. The molecule has 0 radical (unpaired) electrons. The summed E-state index contributed by atoms with van der Waals surface area (Å²) in [6.45, 7) is 7.44. The largest absolute Gasteiger partial charge is 0.444 e. The van der Waals surface area contributed by atoms with E-state index in [2.05, 4.69) is 27.8 Å². The number of nitrogens with zero attached hydrogens (tertiary/aromatic N) is 1. The number of carbonyl (C=O) groups is 1. The average Bonchev–Trinajstić information content (AvgIpc) is 2.45. The number of alkyl carbamates (subject to hydrolysis) is 1. The van der Waals surface area contributed by atoms with E-state index >= 15 is 0 Å². The molecule has 118 valence electrons. The minimum absolute atomic E-state index is 0.388. The van der Waals surface area contributed by atoms with E-state index in [-0.39, 0.29) is 6.09 Å². The maximum Gasteiger partial charge on any atom is 0.407 e. The van der Waals surface area contributed by atoms with E-state index in [0.717, 1.165) is 10.9 Å². The van der Waals surface area contributed by atoms with Gasteiger partial charge in [-0.3, -0.25) is 4.98 Å². The van der Waals surface area contributed by atoms with Gasteiger partial charge in [-0.05, 0) is 31.7 Å². The number of rotatable bonds is 5. The normalized spacial score (nSPS) is 11.4. The second-order valence-corrected chi connectivity index (χ2v) is 6.13. The zero-order chi connectivity index (χ0) is 16.0. The van der Waals surface area contributed by atoms with E-state index in [4.69, 9.17) is 4.74 Å². The monoisotopic (exact) mass is 301 g/mol. The summed E-state index contributed by atoms with van der Waals surface area (Å²) in [5.41, 5.74) is 0.682. The summed E-state index contributed by atoms with van der Waals surface area (Å²) in [7, 11) is 0. The highest BCUT2D eigenvalue weighted by atomic mass is 16.6. The highest BCUT2D eigenvalue weighted by molar-refractivity contribution is 5.84. The molecule has 0 saturated heterocycles. The summed E-state index contributed by atoms with van der Waals surface area (Å²) in [6.07, 6.45) is 3.35. The Balaban J connectivity index is 1.76. The molecule has 0 aliphatic rings. The molecule has 1 amide bonds. The fourth-order valence-corrected chi connectivity index (χ4v) is 2.11. The van der Waals surface area contributed by atoms with Gasteiger partial charge < -0.3 is 15.4 Å². The van der Waals surface area contributed by atoms with Gasteiger partial charge in [0.2, 0.25) is 0 Å². The first-order valence-corrected chi connectivity index (χ1v) is 7.45. The standard InChI is InChI=1S/C17H23N3O2/c1-17(2,3)22-16(21)20-9-8-18-11-14-12-19-10-13-6-4-5-7-15(13)14/h4-7,10,12,18H,8-9,11H2,1-3H3,(H,20,21). The lowest BCUT2D eigenvalue weighted by Crippen LogP contribution is -2.36. The molecule has 1 aromatic carbocycles. The molecule has 0 fully saturated rings. The third-order valence-corrected chi connectivity index (χ3v) is 3.04. The Morgan fingerprint density at radius 3 is 2.73 bits per heavy atom. The van der Waals surface area contributed by atoms with Crippen LogP contribution in [0.3, 0.4) is 0 Å². The minimum atomic E-state index is -0.466. The van der Waals surface area contributed by atoms with Gasteiger partial charge in [0.1, 0.15) is 5.60 Å². The quantitative estimate of drug-likeness (QED) is 0.834. The maximum atomic E-state index is 11.5. The Hall–Kier alpha value is -2.14. The summed E-state index contributed by atoms with van der Waals surface area (Å²) in [4.78, 5) is 15.7. The predicted molar refractivity (Wildman–Crippen MR) is 87.7 cm³/mol. The number of hydrogen-bond donors (Lipinski definition) is 2. The van der Waals surface area contributed by atoms with Crippen LogP contribution in [0.15, 0.2) is 36.7 Å². The van der Waals surface area contributed by atoms with Gasteiger partial charge in [-0.2, -0.15) is 0 Å². The number of aromatic nitrogens is 1. The second kappa shape index (κ2) is 7.22. The van der Waals surface area contributed by atoms with Crippen LogP contribution in [0.2, 0.25) is 0 Å². The van der Waals surface area contributed by atoms with Gasteiger partial charge in [-0.1, -0.05) is 24.3 Å². The SMILES string of the molecule is CC(C)(C)OC(=O)NCCNCc1cncc2ccccc12. The molecular weight excluding hydrogens is 278 g/mol. The van der Waals surface area contributed by atoms with Crippen LogP contribution in [0.4, 0.5) is 4.79 Å². The topological polar surface area (TPSA) is 63.2 Å². The molecule has 5 heteroatoms. The van der Waals surface area contributed by atoms with Crippen LogP contribution in [-0.4, -0.2) is 29.8 Å². The minimum Gasteiger partial charge on any atom is -0.444 e. The Bertz CT molecular complexity index is 630. The summed E-state index contributed by atoms with van der Waals surface area (Å²) in [5.74, 6) is 0. The van der Waals surface area contributed by atoms with Gasteiger partial charge in [0.15, 0.2) is 0 Å². The van der Waals surface area contributed by atoms with Crippen molar-refractivity contribution in [1.29, 1.82) is 0 Å². The average molecular weight is 301 g/mol. The van der Waals surface area contributed by atoms with E-state index in [1.54, 1.807) is 0 Å². The number of fused-ring (bicyclic) bond motifs is 1. The van der Waals surface area contributed by atoms with Crippen molar-refractivity contribution in [2.24, 2.45) is 0 Å². The third-order valence-electron chi connectivity index (χ3n) is 3.04. The molecule has 1 heterocycles. The van der Waals surface area contributed by atoms with Gasteiger partial charge in [0.25, 0.3) is 0 Å². The predicted octanol–water partition coefficient (Wildman–Crippen LogP) is 2.85. The molecule has 2 N–H and O–H groups in total. The highest BCUT2D eigenvalue weighted by Crippen LogP contribution is 2.16. The number of amides is 1. The number of hydrogen-bond acceptors (Lipinski definition) is 4. The lowest BCUT2D eigenvalue weighted by Gasteiger charge is -2.19. The van der Waals surface area contributed by atoms with Crippen molar-refractivity contribution in [3.05, 3.63) is 42.2 Å². The maximum absolute atomic E-state index is 11.5. The van der Waals surface area contributed by atoms with E-state index in [1.165, 1.54) is 5.39 Å². The van der Waals surface area contributed by atoms with Crippen LogP contribution in [0.1, 0.15) is 26.3 Å². The van der Waals surface area contributed by atoms with Gasteiger partial charge >= 0.3 is 6.09 Å². The Labute approximate surface area is 131 Å². The van der Waals surface area contributed by atoms with Crippen molar-refractivity contribution in [2.75, 3.05) is 13.1 Å². The van der Waals surface area contributed by atoms with Crippen LogP contribution < -0.4 is 10.6 Å². The van der Waals surface area contributed by atoms with Gasteiger partial charge in [0, 0.05) is 37.4 Å². The number of carbonyl (C=O) groups excluding carboxylic acids is 1. The third kappa shape index (κ3) is 5.00. The first-order chi connectivity index (χ1) is 10.5. The number of pyridine rings is 1. The fraction of sp³-hybridized carbons (Fsp3) is 0.412. The summed E-state index contributed by atoms with van der Waals surface area (Å²) >= 11 is 0. The molecule has 0 saturated carbocycles. The lowest BCUT2D eigenvalue weighted by molar-refractivity contribution is 0.0528. The fourth-order valence-electron chi connectivity index (χ4n) is 2.11. The number of nitrogens with one attached hydrogen (secondary N) is 2. The van der Waals surface area contributed by atoms with Crippen LogP contribution in [0.25, 0.3) is 10.8 Å². The Morgan fingerprint density at radius 1 is 1.18 bits per heavy atom. The highest BCUT2D eigenvalue weighted by Gasteiger charge is 2.15. The van der Waals surface area contributed by atoms with Crippen LogP contribution in [-0.2, 0) is 11.3 Å². The van der Waals surface area contributed by atoms with Crippen LogP contribution >= 0.6 is 0 Å². The van der Waals surface area contributed by atoms with Gasteiger partial charge in [-0.15, -0.1) is 0 Å². The van der Waals surface area contributed by atoms with Crippen LogP contribution in [0, 0.1) is 0 Å². The van der Waals surface area contributed by atoms with Crippen molar-refractivity contribution in [3.63, 3.8) is 0 Å². The molecule has 22 heavy (non-hydrogen) atoms. The second-order valence-electron chi connectivity index (χ2n) is 6.13. The first kappa shape index (κ1) is 16.2. The molecule has 2 aromatic rings. The zero-order valence-corrected chi connectivity index (χ0v) is 13.3. The lowest BCUT2D eigenvalue weighted by atomic mass is 10.1. The molecule has 0 spiro atoms. The summed E-state index contributed by atoms with van der Waals surface area (Å²) in [6, 6.07) is 8.17. The molecule has 0 bridgehead atoms. The van der Waals surface area contributed by atoms with Gasteiger partial charge in [0.05, 0.1) is 0 Å². The van der Waals surface area contributed by atoms with Crippen LogP contribution in [0.5, 0.6) is 0 Å². The van der Waals surface area contributed by atoms with Crippen molar-refractivity contribution >= 4 is 16.9 Å². The molecule has 2 rings (SSSR count). The van der Waals surface area contributed by atoms with E-state index in [0.29, 0.717) is 19.6 Å². The Kier molecular flexibility index (Phi) is 5.33. The molecule has 0 aliphatic heterocycles. The molecule has 0 aliphatic carbocycles. The number of ether oxygens (including phenoxy) is 1. The Morgan fingerprint density at radius 2 is 1.95 bits per heavy atom. The molecule has 1 aromatic heterocycles. The number of benzene rings is 1. The van der Waals surface area contributed by atoms with Crippen molar-refractivity contribution in [1.82, 2.24) is 15.6 Å². The molecule has 0 unspecified atom stereocenters. The van der Waals surface area contributed by atoms with Crippen molar-refractivity contribution in [3.8, 4) is 0 Å². The smallest absolute Gasteiger partial charge is 0.407 e. The van der Waals surface area contributed by atoms with Crippen molar-refractivity contribution in [2.45, 2.75) is 32.9 Å². The van der Waals surface area contributed by atoms with E-state index in [1.807, 2.05) is 45.3 Å². The van der Waals surface area contributed by atoms with Crippen molar-refractivity contribution < 1.29 is 9.53 Å². The summed E-state index contributed by atoms with van der Waals surface area (Å²) in [5, 5.41) is 8.36. The molecule has 0 atom stereocenters. The van der Waals surface area contributed by atoms with Gasteiger partial charge in [-0.25, -0.2) is 4.79 Å². The zero-order valence-electron chi connectivity index (χ0n) is 13.3. The molecule has 5 nitrogen and oxygen atoms in total.